The first-order valence-electron chi connectivity index (χ1n) is 13.1. The highest BCUT2D eigenvalue weighted by molar-refractivity contribution is 6.03. The zero-order valence-corrected chi connectivity index (χ0v) is 23.6. The SMILES string of the molecule is CC(C)(C)c1cc(C(=O)C(OC(=O)C(F)(F)F)N2C(=N)C(Cc3ccccc3)CC2CO)cc(C(C)(C)C)c1O. The molecule has 2 aromatic carbocycles. The minimum absolute atomic E-state index is 0.0366. The minimum Gasteiger partial charge on any atom is -0.507 e. The van der Waals surface area contributed by atoms with Crippen molar-refractivity contribution in [3.63, 3.8) is 0 Å². The van der Waals surface area contributed by atoms with Crippen molar-refractivity contribution >= 4 is 17.6 Å². The Morgan fingerprint density at radius 2 is 1.55 bits per heavy atom. The van der Waals surface area contributed by atoms with E-state index in [2.05, 4.69) is 0 Å². The molecule has 1 saturated heterocycles. The first-order valence-corrected chi connectivity index (χ1v) is 13.1. The molecule has 7 nitrogen and oxygen atoms in total. The lowest BCUT2D eigenvalue weighted by Gasteiger charge is -2.33. The van der Waals surface area contributed by atoms with Crippen LogP contribution >= 0.6 is 0 Å². The van der Waals surface area contributed by atoms with Gasteiger partial charge in [-0.25, -0.2) is 4.79 Å². The molecular weight excluding hydrogens is 525 g/mol. The Balaban J connectivity index is 2.13. The Hall–Kier alpha value is -3.40. The lowest BCUT2D eigenvalue weighted by atomic mass is 9.78. The summed E-state index contributed by atoms with van der Waals surface area (Å²) in [7, 11) is 0. The van der Waals surface area contributed by atoms with Crippen LogP contribution in [0.15, 0.2) is 42.5 Å². The molecule has 0 saturated carbocycles. The third kappa shape index (κ3) is 6.66. The van der Waals surface area contributed by atoms with Crippen molar-refractivity contribution in [1.82, 2.24) is 4.90 Å². The van der Waals surface area contributed by atoms with E-state index in [-0.39, 0.29) is 23.6 Å². The molecule has 1 fully saturated rings. The molecule has 0 amide bonds. The van der Waals surface area contributed by atoms with Gasteiger partial charge in [0.1, 0.15) is 11.6 Å². The fraction of sp³-hybridized carbons (Fsp3) is 0.500. The molecule has 0 aromatic heterocycles. The second-order valence-corrected chi connectivity index (χ2v) is 12.3. The maximum absolute atomic E-state index is 14.0. The van der Waals surface area contributed by atoms with Crippen LogP contribution in [-0.2, 0) is 26.8 Å². The van der Waals surface area contributed by atoms with Gasteiger partial charge < -0.3 is 19.8 Å². The average molecular weight is 563 g/mol. The predicted octanol–water partition coefficient (Wildman–Crippen LogP) is 5.50. The average Bonchev–Trinajstić information content (AvgIpc) is 3.15. The van der Waals surface area contributed by atoms with Crippen LogP contribution in [-0.4, -0.2) is 57.8 Å². The van der Waals surface area contributed by atoms with Gasteiger partial charge in [0.25, 0.3) is 0 Å². The number of phenols is 1. The summed E-state index contributed by atoms with van der Waals surface area (Å²) in [6.45, 7) is 10.3. The number of nitrogens with zero attached hydrogens (tertiary/aromatic N) is 1. The zero-order chi connectivity index (χ0) is 30.2. The van der Waals surface area contributed by atoms with Gasteiger partial charge in [0.15, 0.2) is 0 Å². The number of nitrogens with one attached hydrogen (secondary N) is 1. The molecular formula is C30H37F3N2O5. The number of aliphatic hydroxyl groups is 1. The van der Waals surface area contributed by atoms with Gasteiger partial charge in [0, 0.05) is 22.6 Å². The highest BCUT2D eigenvalue weighted by Gasteiger charge is 2.49. The zero-order valence-electron chi connectivity index (χ0n) is 23.6. The Morgan fingerprint density at radius 3 is 2.00 bits per heavy atom. The Bertz CT molecular complexity index is 1230. The molecule has 2 aromatic rings. The van der Waals surface area contributed by atoms with Gasteiger partial charge in [-0.2, -0.15) is 13.2 Å². The van der Waals surface area contributed by atoms with Crippen molar-refractivity contribution < 1.29 is 37.7 Å². The number of amidine groups is 1. The number of benzene rings is 2. The number of rotatable bonds is 7. The van der Waals surface area contributed by atoms with Gasteiger partial charge in [-0.1, -0.05) is 71.9 Å². The van der Waals surface area contributed by atoms with Crippen LogP contribution in [0.2, 0.25) is 0 Å². The van der Waals surface area contributed by atoms with Gasteiger partial charge in [0.05, 0.1) is 12.6 Å². The molecule has 0 radical (unpaired) electrons. The van der Waals surface area contributed by atoms with Gasteiger partial charge in [-0.05, 0) is 41.4 Å². The molecule has 3 N–H and O–H groups in total. The van der Waals surface area contributed by atoms with Crippen molar-refractivity contribution in [2.24, 2.45) is 5.92 Å². The molecule has 1 aliphatic rings. The van der Waals surface area contributed by atoms with E-state index in [1.165, 1.54) is 12.1 Å². The number of Topliss-reactive ketones (excluding diaryl/α,β-unsaturated/α-hetero) is 1. The summed E-state index contributed by atoms with van der Waals surface area (Å²) >= 11 is 0. The first-order chi connectivity index (χ1) is 18.4. The monoisotopic (exact) mass is 562 g/mol. The van der Waals surface area contributed by atoms with E-state index in [0.717, 1.165) is 10.5 Å². The number of alkyl halides is 3. The molecule has 0 spiro atoms. The second-order valence-electron chi connectivity index (χ2n) is 12.3. The molecule has 1 aliphatic heterocycles. The molecule has 3 atom stereocenters. The number of carbonyl (C=O) groups excluding carboxylic acids is 2. The third-order valence-corrected chi connectivity index (χ3v) is 7.09. The standard InChI is InChI=1S/C30H37F3N2O5/c1-28(2,3)21-14-18(15-22(24(21)38)29(4,5)6)23(37)26(40-27(39)30(31,32)33)35-20(16-36)13-19(25(35)34)12-17-10-8-7-9-11-17/h7-11,14-15,19-20,26,34,36,38H,12-13,16H2,1-6H3. The molecule has 40 heavy (non-hydrogen) atoms. The van der Waals surface area contributed by atoms with Crippen LogP contribution in [0.5, 0.6) is 5.75 Å². The van der Waals surface area contributed by atoms with E-state index < -0.39 is 53.6 Å². The van der Waals surface area contributed by atoms with Crippen LogP contribution in [0.25, 0.3) is 0 Å². The topological polar surface area (TPSA) is 111 Å². The number of ether oxygens (including phenoxy) is 1. The summed E-state index contributed by atoms with van der Waals surface area (Å²) < 4.78 is 44.9. The van der Waals surface area contributed by atoms with Crippen molar-refractivity contribution in [2.45, 2.75) is 83.7 Å². The van der Waals surface area contributed by atoms with Crippen LogP contribution < -0.4 is 0 Å². The fourth-order valence-corrected chi connectivity index (χ4v) is 4.99. The largest absolute Gasteiger partial charge is 0.507 e. The molecule has 218 valence electrons. The molecule has 3 unspecified atom stereocenters. The summed E-state index contributed by atoms with van der Waals surface area (Å²) in [4.78, 5) is 27.0. The summed E-state index contributed by atoms with van der Waals surface area (Å²) in [6.07, 6.45) is -7.01. The third-order valence-electron chi connectivity index (χ3n) is 7.09. The van der Waals surface area contributed by atoms with Crippen molar-refractivity contribution in [3.8, 4) is 5.75 Å². The van der Waals surface area contributed by atoms with Gasteiger partial charge in [-0.15, -0.1) is 0 Å². The van der Waals surface area contributed by atoms with Crippen LogP contribution in [0, 0.1) is 11.3 Å². The lowest BCUT2D eigenvalue weighted by molar-refractivity contribution is -0.207. The van der Waals surface area contributed by atoms with E-state index in [0.29, 0.717) is 17.5 Å². The second kappa shape index (κ2) is 11.2. The van der Waals surface area contributed by atoms with Crippen molar-refractivity contribution in [2.75, 3.05) is 6.61 Å². The number of hydrogen-bond acceptors (Lipinski definition) is 6. The number of carbonyl (C=O) groups is 2. The van der Waals surface area contributed by atoms with Crippen LogP contribution in [0.1, 0.15) is 75.0 Å². The number of halogens is 3. The van der Waals surface area contributed by atoms with Gasteiger partial charge in [0.2, 0.25) is 12.0 Å². The molecule has 0 aliphatic carbocycles. The van der Waals surface area contributed by atoms with Crippen LogP contribution in [0.4, 0.5) is 13.2 Å². The van der Waals surface area contributed by atoms with Gasteiger partial charge in [-0.3, -0.25) is 10.2 Å². The maximum Gasteiger partial charge on any atom is 0.491 e. The highest BCUT2D eigenvalue weighted by Crippen LogP contribution is 2.41. The Morgan fingerprint density at radius 1 is 1.02 bits per heavy atom. The normalized spacial score (nSPS) is 19.1. The highest BCUT2D eigenvalue weighted by atomic mass is 19.4. The minimum atomic E-state index is -5.39. The number of likely N-dealkylation sites (tertiary alicyclic amines) is 1. The number of hydrogen-bond donors (Lipinski definition) is 3. The van der Waals surface area contributed by atoms with Gasteiger partial charge >= 0.3 is 12.1 Å². The summed E-state index contributed by atoms with van der Waals surface area (Å²) in [5.41, 5.74) is 0.279. The number of aliphatic hydroxyl groups excluding tert-OH is 1. The summed E-state index contributed by atoms with van der Waals surface area (Å²) in [6, 6.07) is 11.0. The molecule has 1 heterocycles. The van der Waals surface area contributed by atoms with E-state index in [4.69, 9.17) is 10.1 Å². The number of aromatic hydroxyl groups is 1. The molecule has 3 rings (SSSR count). The first kappa shape index (κ1) is 31.1. The Labute approximate surface area is 232 Å². The number of esters is 1. The maximum atomic E-state index is 14.0. The van der Waals surface area contributed by atoms with E-state index in [9.17, 15) is 33.0 Å². The predicted molar refractivity (Wildman–Crippen MR) is 144 cm³/mol. The lowest BCUT2D eigenvalue weighted by Crippen LogP contribution is -2.51. The summed E-state index contributed by atoms with van der Waals surface area (Å²) in [5.74, 6) is -4.34. The number of ketones is 1. The quantitative estimate of drug-likeness (QED) is 0.304. The fourth-order valence-electron chi connectivity index (χ4n) is 4.99. The molecule has 0 bridgehead atoms. The van der Waals surface area contributed by atoms with E-state index in [1.807, 2.05) is 71.9 Å². The molecule has 10 heteroatoms. The summed E-state index contributed by atoms with van der Waals surface area (Å²) in [5, 5.41) is 30.0. The number of phenolic OH excluding ortho intramolecular Hbond substituents is 1. The van der Waals surface area contributed by atoms with Crippen LogP contribution in [0.3, 0.4) is 0 Å². The Kier molecular flexibility index (Phi) is 8.74. The van der Waals surface area contributed by atoms with E-state index in [1.54, 1.807) is 0 Å². The van der Waals surface area contributed by atoms with Crippen molar-refractivity contribution in [1.29, 1.82) is 5.41 Å². The smallest absolute Gasteiger partial charge is 0.491 e. The van der Waals surface area contributed by atoms with Crippen molar-refractivity contribution in [3.05, 3.63) is 64.7 Å². The van der Waals surface area contributed by atoms with E-state index >= 15 is 0 Å².